The Kier molecular flexibility index (Phi) is 6.29. The maximum Gasteiger partial charge on any atom is 0.334 e. The van der Waals surface area contributed by atoms with Crippen LogP contribution in [-0.4, -0.2) is 20.2 Å². The van der Waals surface area contributed by atoms with E-state index in [1.54, 1.807) is 7.11 Å². The van der Waals surface area contributed by atoms with Crippen molar-refractivity contribution in [3.8, 4) is 17.6 Å². The molecule has 0 unspecified atom stereocenters. The van der Waals surface area contributed by atoms with E-state index in [9.17, 15) is 4.79 Å². The molecule has 1 atom stereocenters. The number of benzene rings is 1. The summed E-state index contributed by atoms with van der Waals surface area (Å²) >= 11 is 0. The van der Waals surface area contributed by atoms with Crippen LogP contribution >= 0.6 is 0 Å². The molecular formula is C20H24O3. The normalized spacial score (nSPS) is 15.9. The van der Waals surface area contributed by atoms with Gasteiger partial charge in [-0.05, 0) is 43.0 Å². The summed E-state index contributed by atoms with van der Waals surface area (Å²) in [4.78, 5) is 11.9. The van der Waals surface area contributed by atoms with Crippen LogP contribution in [0.5, 0.6) is 5.75 Å². The van der Waals surface area contributed by atoms with Crippen LogP contribution in [0.25, 0.3) is 0 Å². The molecule has 1 aliphatic rings. The van der Waals surface area contributed by atoms with Gasteiger partial charge in [0.05, 0.1) is 20.1 Å². The van der Waals surface area contributed by atoms with Gasteiger partial charge in [0.25, 0.3) is 0 Å². The lowest BCUT2D eigenvalue weighted by atomic mass is 9.77. The fourth-order valence-corrected chi connectivity index (χ4v) is 3.05. The van der Waals surface area contributed by atoms with E-state index >= 15 is 0 Å². The number of methoxy groups -OCH3 is 2. The average molecular weight is 312 g/mol. The summed E-state index contributed by atoms with van der Waals surface area (Å²) in [6.07, 6.45) is 5.84. The molecular weight excluding hydrogens is 288 g/mol. The molecule has 122 valence electrons. The molecule has 0 radical (unpaired) electrons. The molecule has 1 aliphatic carbocycles. The molecule has 0 spiro atoms. The van der Waals surface area contributed by atoms with Crippen LogP contribution in [0.15, 0.2) is 36.4 Å². The molecule has 1 fully saturated rings. The molecule has 23 heavy (non-hydrogen) atoms. The summed E-state index contributed by atoms with van der Waals surface area (Å²) in [5.41, 5.74) is 1.38. The summed E-state index contributed by atoms with van der Waals surface area (Å²) in [6, 6.07) is 7.61. The summed E-state index contributed by atoms with van der Waals surface area (Å²) < 4.78 is 9.99. The number of hydrogen-bond donors (Lipinski definition) is 0. The molecule has 0 bridgehead atoms. The number of carbonyl (C=O) groups excluding carboxylic acids is 1. The van der Waals surface area contributed by atoms with Gasteiger partial charge in [-0.3, -0.25) is 0 Å². The number of ether oxygens (including phenoxy) is 2. The van der Waals surface area contributed by atoms with Gasteiger partial charge in [-0.1, -0.05) is 37.7 Å². The summed E-state index contributed by atoms with van der Waals surface area (Å²) in [6.45, 7) is 3.94. The smallest absolute Gasteiger partial charge is 0.334 e. The van der Waals surface area contributed by atoms with E-state index in [1.807, 2.05) is 24.3 Å². The molecule has 0 aliphatic heterocycles. The fraction of sp³-hybridized carbons (Fsp3) is 0.450. The van der Waals surface area contributed by atoms with Crippen LogP contribution in [0.4, 0.5) is 0 Å². The Bertz CT molecular complexity index is 598. The number of hydrogen-bond acceptors (Lipinski definition) is 3. The minimum Gasteiger partial charge on any atom is -0.497 e. The van der Waals surface area contributed by atoms with E-state index in [0.29, 0.717) is 11.5 Å². The Balaban J connectivity index is 2.21. The van der Waals surface area contributed by atoms with E-state index in [0.717, 1.165) is 24.2 Å². The van der Waals surface area contributed by atoms with Crippen LogP contribution in [-0.2, 0) is 9.53 Å². The third kappa shape index (κ3) is 4.63. The van der Waals surface area contributed by atoms with Crippen LogP contribution in [0, 0.1) is 23.7 Å². The lowest BCUT2D eigenvalue weighted by Gasteiger charge is -2.27. The van der Waals surface area contributed by atoms with Crippen LogP contribution < -0.4 is 4.74 Å². The quantitative estimate of drug-likeness (QED) is 0.479. The zero-order chi connectivity index (χ0) is 16.7. The molecule has 0 saturated heterocycles. The largest absolute Gasteiger partial charge is 0.497 e. The van der Waals surface area contributed by atoms with Gasteiger partial charge < -0.3 is 9.47 Å². The number of rotatable bonds is 4. The summed E-state index contributed by atoms with van der Waals surface area (Å²) in [7, 11) is 3.03. The lowest BCUT2D eigenvalue weighted by Crippen LogP contribution is -2.22. The van der Waals surface area contributed by atoms with Crippen LogP contribution in [0.3, 0.4) is 0 Å². The predicted molar refractivity (Wildman–Crippen MR) is 91.1 cm³/mol. The first-order valence-corrected chi connectivity index (χ1v) is 8.08. The van der Waals surface area contributed by atoms with Crippen molar-refractivity contribution in [3.05, 3.63) is 42.0 Å². The Morgan fingerprint density at radius 3 is 2.39 bits per heavy atom. The first-order chi connectivity index (χ1) is 11.2. The third-order valence-electron chi connectivity index (χ3n) is 4.41. The Morgan fingerprint density at radius 2 is 1.83 bits per heavy atom. The van der Waals surface area contributed by atoms with Gasteiger partial charge in [-0.2, -0.15) is 0 Å². The van der Waals surface area contributed by atoms with E-state index in [-0.39, 0.29) is 11.9 Å². The maximum absolute atomic E-state index is 11.9. The predicted octanol–water partition coefficient (Wildman–Crippen LogP) is 3.97. The molecule has 0 heterocycles. The SMILES string of the molecule is C=C(C(=O)OC)[C@H](C#Cc1ccc(OC)cc1)C1CCCCC1. The standard InChI is InChI=1S/C20H24O3/c1-15(20(21)23-3)19(17-7-5-4-6-8-17)14-11-16-9-12-18(22-2)13-10-16/h9-10,12-13,17,19H,1,4-8H2,2-3H3/t19-/m0/s1. The van der Waals surface area contributed by atoms with Gasteiger partial charge in [0.15, 0.2) is 0 Å². The Labute approximate surface area is 138 Å². The topological polar surface area (TPSA) is 35.5 Å². The number of carbonyl (C=O) groups is 1. The van der Waals surface area contributed by atoms with E-state index in [4.69, 9.17) is 9.47 Å². The Morgan fingerprint density at radius 1 is 1.17 bits per heavy atom. The molecule has 1 saturated carbocycles. The second-order valence-electron chi connectivity index (χ2n) is 5.89. The highest BCUT2D eigenvalue weighted by molar-refractivity contribution is 5.89. The monoisotopic (exact) mass is 312 g/mol. The second-order valence-corrected chi connectivity index (χ2v) is 5.89. The van der Waals surface area contributed by atoms with Crippen molar-refractivity contribution in [1.82, 2.24) is 0 Å². The van der Waals surface area contributed by atoms with Crippen LogP contribution in [0.1, 0.15) is 37.7 Å². The van der Waals surface area contributed by atoms with Crippen molar-refractivity contribution in [2.24, 2.45) is 11.8 Å². The molecule has 3 nitrogen and oxygen atoms in total. The van der Waals surface area contributed by atoms with Crippen molar-refractivity contribution in [2.75, 3.05) is 14.2 Å². The molecule has 2 rings (SSSR count). The highest BCUT2D eigenvalue weighted by Crippen LogP contribution is 2.33. The van der Waals surface area contributed by atoms with Crippen molar-refractivity contribution in [1.29, 1.82) is 0 Å². The van der Waals surface area contributed by atoms with Gasteiger partial charge in [0.1, 0.15) is 5.75 Å². The van der Waals surface area contributed by atoms with Gasteiger partial charge >= 0.3 is 5.97 Å². The first-order valence-electron chi connectivity index (χ1n) is 8.08. The second kappa shape index (κ2) is 8.43. The van der Waals surface area contributed by atoms with Crippen molar-refractivity contribution in [2.45, 2.75) is 32.1 Å². The minimum absolute atomic E-state index is 0.134. The summed E-state index contributed by atoms with van der Waals surface area (Å²) in [5.74, 6) is 7.15. The van der Waals surface area contributed by atoms with Crippen LogP contribution in [0.2, 0.25) is 0 Å². The molecule has 0 amide bonds. The zero-order valence-electron chi connectivity index (χ0n) is 13.9. The van der Waals surface area contributed by atoms with Gasteiger partial charge in [0.2, 0.25) is 0 Å². The van der Waals surface area contributed by atoms with E-state index in [1.165, 1.54) is 26.4 Å². The highest BCUT2D eigenvalue weighted by Gasteiger charge is 2.28. The third-order valence-corrected chi connectivity index (χ3v) is 4.41. The molecule has 0 aromatic heterocycles. The zero-order valence-corrected chi connectivity index (χ0v) is 13.9. The highest BCUT2D eigenvalue weighted by atomic mass is 16.5. The van der Waals surface area contributed by atoms with E-state index < -0.39 is 0 Å². The lowest BCUT2D eigenvalue weighted by molar-refractivity contribution is -0.136. The van der Waals surface area contributed by atoms with Crippen molar-refractivity contribution >= 4 is 5.97 Å². The van der Waals surface area contributed by atoms with Gasteiger partial charge in [-0.15, -0.1) is 0 Å². The molecule has 3 heteroatoms. The summed E-state index contributed by atoms with van der Waals surface area (Å²) in [5, 5.41) is 0. The fourth-order valence-electron chi connectivity index (χ4n) is 3.05. The molecule has 1 aromatic carbocycles. The van der Waals surface area contributed by atoms with E-state index in [2.05, 4.69) is 18.4 Å². The first kappa shape index (κ1) is 17.1. The van der Waals surface area contributed by atoms with Gasteiger partial charge in [-0.25, -0.2) is 4.79 Å². The minimum atomic E-state index is -0.357. The molecule has 1 aromatic rings. The van der Waals surface area contributed by atoms with Gasteiger partial charge in [0, 0.05) is 11.1 Å². The maximum atomic E-state index is 11.9. The Hall–Kier alpha value is -2.21. The molecule has 0 N–H and O–H groups in total. The van der Waals surface area contributed by atoms with Crippen molar-refractivity contribution in [3.63, 3.8) is 0 Å². The average Bonchev–Trinajstić information content (AvgIpc) is 2.62. The number of esters is 1. The van der Waals surface area contributed by atoms with Crippen molar-refractivity contribution < 1.29 is 14.3 Å².